The van der Waals surface area contributed by atoms with E-state index in [1.807, 2.05) is 0 Å². The van der Waals surface area contributed by atoms with E-state index in [4.69, 9.17) is 4.84 Å². The first kappa shape index (κ1) is 10.9. The molecule has 0 bridgehead atoms. The Kier molecular flexibility index (Phi) is 4.46. The molecule has 0 aliphatic carbocycles. The van der Waals surface area contributed by atoms with Crippen molar-refractivity contribution in [2.45, 2.75) is 38.1 Å². The third-order valence-electron chi connectivity index (χ3n) is 3.04. The number of hydrogen-bond donors (Lipinski definition) is 1. The molecule has 2 fully saturated rings. The summed E-state index contributed by atoms with van der Waals surface area (Å²) in [4.78, 5) is 7.53. The van der Waals surface area contributed by atoms with E-state index in [0.717, 1.165) is 26.0 Å². The molecule has 3 nitrogen and oxygen atoms in total. The zero-order valence-corrected chi connectivity index (χ0v) is 9.30. The Morgan fingerprint density at radius 2 is 2.07 bits per heavy atom. The van der Waals surface area contributed by atoms with Crippen LogP contribution >= 0.6 is 0 Å². The number of hydrogen-bond acceptors (Lipinski definition) is 3. The van der Waals surface area contributed by atoms with Crippen molar-refractivity contribution in [3.63, 3.8) is 0 Å². The van der Waals surface area contributed by atoms with Crippen LogP contribution < -0.4 is 5.48 Å². The molecule has 0 aromatic rings. The average molecular weight is 208 g/mol. The fourth-order valence-corrected chi connectivity index (χ4v) is 2.06. The minimum atomic E-state index is 0.457. The Labute approximate surface area is 92.1 Å². The Morgan fingerprint density at radius 1 is 1.20 bits per heavy atom. The second-order valence-electron chi connectivity index (χ2n) is 4.35. The number of rotatable bonds is 2. The molecule has 1 atom stereocenters. The van der Waals surface area contributed by atoms with Crippen molar-refractivity contribution in [2.75, 3.05) is 26.2 Å². The number of nitrogens with zero attached hydrogens (tertiary/aromatic N) is 1. The van der Waals surface area contributed by atoms with E-state index in [9.17, 15) is 0 Å². The maximum Gasteiger partial charge on any atom is 0.0698 e. The van der Waals surface area contributed by atoms with Gasteiger partial charge in [-0.3, -0.25) is 4.90 Å². The lowest BCUT2D eigenvalue weighted by Crippen LogP contribution is -2.29. The van der Waals surface area contributed by atoms with Crippen molar-refractivity contribution < 1.29 is 4.84 Å². The number of piperidine rings is 1. The van der Waals surface area contributed by atoms with Gasteiger partial charge >= 0.3 is 0 Å². The molecule has 0 aromatic carbocycles. The first-order valence-electron chi connectivity index (χ1n) is 6.00. The molecule has 0 radical (unpaired) electrons. The predicted octanol–water partition coefficient (Wildman–Crippen LogP) is 1.16. The Bertz CT molecular complexity index is 232. The SMILES string of the molecule is C(#CCN1CCCCC1)CC1CCON1. The smallest absolute Gasteiger partial charge is 0.0698 e. The number of hydroxylamine groups is 1. The lowest BCUT2D eigenvalue weighted by atomic mass is 10.1. The fourth-order valence-electron chi connectivity index (χ4n) is 2.06. The topological polar surface area (TPSA) is 24.5 Å². The summed E-state index contributed by atoms with van der Waals surface area (Å²) in [6.07, 6.45) is 6.11. The van der Waals surface area contributed by atoms with Gasteiger partial charge in [-0.05, 0) is 32.4 Å². The van der Waals surface area contributed by atoms with Crippen LogP contribution in [-0.4, -0.2) is 37.2 Å². The molecule has 2 rings (SSSR count). The molecule has 2 aliphatic heterocycles. The third-order valence-corrected chi connectivity index (χ3v) is 3.04. The van der Waals surface area contributed by atoms with Crippen molar-refractivity contribution in [2.24, 2.45) is 0 Å². The molecule has 2 aliphatic rings. The second kappa shape index (κ2) is 6.12. The van der Waals surface area contributed by atoms with Crippen LogP contribution in [0.4, 0.5) is 0 Å². The molecule has 3 heteroatoms. The molecule has 2 saturated heterocycles. The second-order valence-corrected chi connectivity index (χ2v) is 4.35. The van der Waals surface area contributed by atoms with Crippen molar-refractivity contribution in [3.05, 3.63) is 0 Å². The van der Waals surface area contributed by atoms with E-state index in [0.29, 0.717) is 6.04 Å². The molecular formula is C12H20N2O. The molecule has 2 heterocycles. The fraction of sp³-hybridized carbons (Fsp3) is 0.833. The summed E-state index contributed by atoms with van der Waals surface area (Å²) >= 11 is 0. The van der Waals surface area contributed by atoms with E-state index in [1.54, 1.807) is 0 Å². The predicted molar refractivity (Wildman–Crippen MR) is 60.2 cm³/mol. The van der Waals surface area contributed by atoms with E-state index in [-0.39, 0.29) is 0 Å². The summed E-state index contributed by atoms with van der Waals surface area (Å²) in [5, 5.41) is 0. The normalized spacial score (nSPS) is 27.3. The van der Waals surface area contributed by atoms with Gasteiger partial charge in [0.15, 0.2) is 0 Å². The van der Waals surface area contributed by atoms with E-state index in [2.05, 4.69) is 22.2 Å². The summed E-state index contributed by atoms with van der Waals surface area (Å²) in [5.41, 5.74) is 2.98. The average Bonchev–Trinajstić information content (AvgIpc) is 2.79. The van der Waals surface area contributed by atoms with E-state index in [1.165, 1.54) is 32.4 Å². The van der Waals surface area contributed by atoms with Gasteiger partial charge < -0.3 is 4.84 Å². The molecule has 84 valence electrons. The maximum atomic E-state index is 5.08. The van der Waals surface area contributed by atoms with Crippen LogP contribution in [0.25, 0.3) is 0 Å². The highest BCUT2D eigenvalue weighted by Gasteiger charge is 2.13. The maximum absolute atomic E-state index is 5.08. The van der Waals surface area contributed by atoms with Gasteiger partial charge in [-0.25, -0.2) is 0 Å². The zero-order chi connectivity index (χ0) is 10.3. The van der Waals surface area contributed by atoms with E-state index < -0.39 is 0 Å². The van der Waals surface area contributed by atoms with Gasteiger partial charge in [-0.2, -0.15) is 5.48 Å². The van der Waals surface area contributed by atoms with Crippen molar-refractivity contribution in [1.82, 2.24) is 10.4 Å². The van der Waals surface area contributed by atoms with Gasteiger partial charge in [0, 0.05) is 12.5 Å². The molecule has 1 unspecified atom stereocenters. The summed E-state index contributed by atoms with van der Waals surface area (Å²) < 4.78 is 0. The largest absolute Gasteiger partial charge is 0.301 e. The molecule has 1 N–H and O–H groups in total. The number of likely N-dealkylation sites (tertiary alicyclic amines) is 1. The van der Waals surface area contributed by atoms with Crippen molar-refractivity contribution in [3.8, 4) is 11.8 Å². The van der Waals surface area contributed by atoms with Crippen LogP contribution in [0.1, 0.15) is 32.1 Å². The number of nitrogens with one attached hydrogen (secondary N) is 1. The van der Waals surface area contributed by atoms with Crippen LogP contribution in [0.3, 0.4) is 0 Å². The minimum Gasteiger partial charge on any atom is -0.301 e. The standard InChI is InChI=1S/C12H20N2O/c1-3-8-14(9-4-1)10-5-2-6-12-7-11-15-13-12/h12-13H,1,3-4,6-11H2. The van der Waals surface area contributed by atoms with Crippen molar-refractivity contribution >= 4 is 0 Å². The molecule has 0 saturated carbocycles. The summed E-state index contributed by atoms with van der Waals surface area (Å²) in [7, 11) is 0. The Morgan fingerprint density at radius 3 is 2.80 bits per heavy atom. The Balaban J connectivity index is 1.61. The third kappa shape index (κ3) is 3.83. The van der Waals surface area contributed by atoms with Gasteiger partial charge in [0.25, 0.3) is 0 Å². The summed E-state index contributed by atoms with van der Waals surface area (Å²) in [6.45, 7) is 4.25. The molecule has 0 spiro atoms. The molecule has 0 aromatic heterocycles. The minimum absolute atomic E-state index is 0.457. The lowest BCUT2D eigenvalue weighted by Gasteiger charge is -2.23. The van der Waals surface area contributed by atoms with Crippen LogP contribution in [-0.2, 0) is 4.84 Å². The first-order valence-corrected chi connectivity index (χ1v) is 6.00. The quantitative estimate of drug-likeness (QED) is 0.689. The van der Waals surface area contributed by atoms with Crippen LogP contribution in [0.5, 0.6) is 0 Å². The lowest BCUT2D eigenvalue weighted by molar-refractivity contribution is 0.0889. The molecular weight excluding hydrogens is 188 g/mol. The summed E-state index contributed by atoms with van der Waals surface area (Å²) in [6, 6.07) is 0.457. The zero-order valence-electron chi connectivity index (χ0n) is 9.30. The first-order chi connectivity index (χ1) is 7.45. The van der Waals surface area contributed by atoms with Crippen LogP contribution in [0.2, 0.25) is 0 Å². The van der Waals surface area contributed by atoms with Gasteiger partial charge in [-0.15, -0.1) is 5.92 Å². The Hall–Kier alpha value is -0.560. The van der Waals surface area contributed by atoms with Crippen LogP contribution in [0.15, 0.2) is 0 Å². The monoisotopic (exact) mass is 208 g/mol. The van der Waals surface area contributed by atoms with Gasteiger partial charge in [0.05, 0.1) is 13.2 Å². The van der Waals surface area contributed by atoms with Gasteiger partial charge in [-0.1, -0.05) is 12.3 Å². The summed E-state index contributed by atoms with van der Waals surface area (Å²) in [5.74, 6) is 6.50. The van der Waals surface area contributed by atoms with Gasteiger partial charge in [0.2, 0.25) is 0 Å². The highest BCUT2D eigenvalue weighted by Crippen LogP contribution is 2.07. The highest BCUT2D eigenvalue weighted by molar-refractivity contribution is 5.03. The van der Waals surface area contributed by atoms with Crippen molar-refractivity contribution in [1.29, 1.82) is 0 Å². The molecule has 0 amide bonds. The molecule has 15 heavy (non-hydrogen) atoms. The van der Waals surface area contributed by atoms with Gasteiger partial charge in [0.1, 0.15) is 0 Å². The van der Waals surface area contributed by atoms with Crippen LogP contribution in [0, 0.1) is 11.8 Å². The van der Waals surface area contributed by atoms with E-state index >= 15 is 0 Å². The highest BCUT2D eigenvalue weighted by atomic mass is 16.7.